The van der Waals surface area contributed by atoms with Gasteiger partial charge in [0.05, 0.1) is 3.92 Å². The van der Waals surface area contributed by atoms with E-state index in [1.54, 1.807) is 5.32 Å². The summed E-state index contributed by atoms with van der Waals surface area (Å²) in [7, 11) is 0. The van der Waals surface area contributed by atoms with Crippen LogP contribution in [0.25, 0.3) is 0 Å². The molecule has 10 heteroatoms. The van der Waals surface area contributed by atoms with Crippen LogP contribution in [0, 0.1) is 5.92 Å². The predicted molar refractivity (Wildman–Crippen MR) is 63.2 cm³/mol. The molecule has 0 radical (unpaired) electrons. The van der Waals surface area contributed by atoms with Crippen LogP contribution in [-0.2, 0) is 9.53 Å². The van der Waals surface area contributed by atoms with Gasteiger partial charge in [0, 0.05) is 18.9 Å². The van der Waals surface area contributed by atoms with Crippen molar-refractivity contribution in [3.8, 4) is 0 Å². The van der Waals surface area contributed by atoms with Crippen molar-refractivity contribution < 1.29 is 35.9 Å². The summed E-state index contributed by atoms with van der Waals surface area (Å²) in [6.07, 6.45) is -12.2. The van der Waals surface area contributed by atoms with Crippen molar-refractivity contribution in [1.29, 1.82) is 0 Å². The van der Waals surface area contributed by atoms with Crippen LogP contribution in [0.15, 0.2) is 0 Å². The number of hydrogen-bond acceptors (Lipinski definition) is 3. The van der Waals surface area contributed by atoms with E-state index in [0.717, 1.165) is 6.92 Å². The lowest BCUT2D eigenvalue weighted by atomic mass is 9.82. The number of alkyl halides is 7. The van der Waals surface area contributed by atoms with Crippen LogP contribution in [0.5, 0.6) is 0 Å². The second-order valence-electron chi connectivity index (χ2n) is 4.92. The second-order valence-corrected chi connectivity index (χ2v) is 6.35. The zero-order valence-corrected chi connectivity index (χ0v) is 12.1. The molecule has 2 aliphatic rings. The number of piperidine rings is 1. The van der Waals surface area contributed by atoms with E-state index in [9.17, 15) is 31.1 Å². The first-order valence-corrected chi connectivity index (χ1v) is 6.89. The molecule has 0 unspecified atom stereocenters. The first-order valence-electron chi connectivity index (χ1n) is 5.64. The summed E-state index contributed by atoms with van der Waals surface area (Å²) in [5.41, 5.74) is -3.92. The van der Waals surface area contributed by atoms with Crippen molar-refractivity contribution in [2.45, 2.75) is 47.3 Å². The summed E-state index contributed by atoms with van der Waals surface area (Å²) >= 11 is 1.51. The molecule has 1 aliphatic carbocycles. The molecule has 116 valence electrons. The van der Waals surface area contributed by atoms with E-state index in [-0.39, 0.29) is 6.42 Å². The fraction of sp³-hybridized carbons (Fsp3) is 0.900. The lowest BCUT2D eigenvalue weighted by Gasteiger charge is -2.44. The molecule has 3 nitrogen and oxygen atoms in total. The number of carbonyl (C=O) groups is 1. The van der Waals surface area contributed by atoms with Crippen molar-refractivity contribution in [2.24, 2.45) is 5.92 Å². The summed E-state index contributed by atoms with van der Waals surface area (Å²) in [5.74, 6) is -2.44. The molecular weight excluding hydrogens is 407 g/mol. The van der Waals surface area contributed by atoms with E-state index >= 15 is 0 Å². The summed E-state index contributed by atoms with van der Waals surface area (Å²) in [6, 6.07) is -1.14. The molecule has 0 spiro atoms. The van der Waals surface area contributed by atoms with Gasteiger partial charge in [-0.05, 0) is 6.42 Å². The Hall–Kier alpha value is -0.260. The van der Waals surface area contributed by atoms with Crippen molar-refractivity contribution in [3.63, 3.8) is 0 Å². The van der Waals surface area contributed by atoms with Crippen LogP contribution < -0.4 is 5.32 Å². The van der Waals surface area contributed by atoms with E-state index in [1.165, 1.54) is 22.6 Å². The Morgan fingerprint density at radius 3 is 2.10 bits per heavy atom. The normalized spacial score (nSPS) is 36.2. The topological polar surface area (TPSA) is 38.3 Å². The van der Waals surface area contributed by atoms with Crippen LogP contribution in [-0.4, -0.2) is 39.9 Å². The summed E-state index contributed by atoms with van der Waals surface area (Å²) < 4.78 is 82.0. The fourth-order valence-corrected chi connectivity index (χ4v) is 4.51. The third kappa shape index (κ3) is 2.09. The van der Waals surface area contributed by atoms with Crippen LogP contribution in [0.3, 0.4) is 0 Å². The number of rotatable bonds is 1. The van der Waals surface area contributed by atoms with Gasteiger partial charge >= 0.3 is 18.3 Å². The van der Waals surface area contributed by atoms with Crippen LogP contribution >= 0.6 is 22.6 Å². The van der Waals surface area contributed by atoms with Gasteiger partial charge in [-0.1, -0.05) is 22.6 Å². The molecule has 1 saturated carbocycles. The monoisotopic (exact) mass is 417 g/mol. The SMILES string of the molecule is CC(=O)O[C@H]1[C@@H](I)[C@@H]2C[C@@H]1NC2(C(F)(F)F)C(F)(F)F. The highest BCUT2D eigenvalue weighted by Gasteiger charge is 2.81. The molecule has 0 aromatic carbocycles. The minimum Gasteiger partial charge on any atom is -0.460 e. The smallest absolute Gasteiger partial charge is 0.415 e. The molecular formula is C10H10F6INO2. The minimum absolute atomic E-state index is 0.329. The van der Waals surface area contributed by atoms with Crippen LogP contribution in [0.2, 0.25) is 0 Å². The van der Waals surface area contributed by atoms with Gasteiger partial charge in [-0.3, -0.25) is 10.1 Å². The third-order valence-electron chi connectivity index (χ3n) is 3.77. The fourth-order valence-electron chi connectivity index (χ4n) is 3.03. The molecule has 0 aromatic heterocycles. The van der Waals surface area contributed by atoms with Gasteiger partial charge in [-0.2, -0.15) is 26.3 Å². The maximum Gasteiger partial charge on any atom is 0.415 e. The molecule has 0 aromatic rings. The average molecular weight is 417 g/mol. The molecule has 2 fully saturated rings. The lowest BCUT2D eigenvalue weighted by molar-refractivity contribution is -0.319. The quantitative estimate of drug-likeness (QED) is 0.309. The molecule has 20 heavy (non-hydrogen) atoms. The van der Waals surface area contributed by atoms with Gasteiger partial charge < -0.3 is 4.74 Å². The molecule has 1 N–H and O–H groups in total. The summed E-state index contributed by atoms with van der Waals surface area (Å²) in [4.78, 5) is 10.9. The zero-order chi connectivity index (χ0) is 15.5. The largest absolute Gasteiger partial charge is 0.460 e. The van der Waals surface area contributed by atoms with Gasteiger partial charge in [-0.25, -0.2) is 0 Å². The lowest BCUT2D eigenvalue weighted by Crippen LogP contribution is -2.73. The van der Waals surface area contributed by atoms with Crippen molar-refractivity contribution in [3.05, 3.63) is 0 Å². The van der Waals surface area contributed by atoms with Gasteiger partial charge in [-0.15, -0.1) is 0 Å². The number of carbonyl (C=O) groups excluding carboxylic acids is 1. The number of nitrogens with one attached hydrogen (secondary N) is 1. The van der Waals surface area contributed by atoms with E-state index in [1.807, 2.05) is 0 Å². The second kappa shape index (κ2) is 4.62. The van der Waals surface area contributed by atoms with Crippen molar-refractivity contribution in [1.82, 2.24) is 5.32 Å². The van der Waals surface area contributed by atoms with Gasteiger partial charge in [0.1, 0.15) is 6.10 Å². The van der Waals surface area contributed by atoms with Crippen LogP contribution in [0.1, 0.15) is 13.3 Å². The number of fused-ring (bicyclic) bond motifs is 2. The number of halogens is 7. The maximum absolute atomic E-state index is 13.0. The highest BCUT2D eigenvalue weighted by molar-refractivity contribution is 14.1. The Bertz CT molecular complexity index is 407. The van der Waals surface area contributed by atoms with Crippen molar-refractivity contribution in [2.75, 3.05) is 0 Å². The molecule has 4 atom stereocenters. The molecule has 1 heterocycles. The third-order valence-corrected chi connectivity index (χ3v) is 5.35. The standard InChI is InChI=1S/C10H10F6INO2/c1-3(19)20-7-5-2-4(6(7)17)8(18-5,9(11,12)13)10(14,15)16/h4-7,18H,2H2,1H3/t4-,5-,6-,7+/m0/s1. The Kier molecular flexibility index (Phi) is 3.72. The number of esters is 1. The minimum atomic E-state index is -5.46. The highest BCUT2D eigenvalue weighted by Crippen LogP contribution is 2.59. The average Bonchev–Trinajstić information content (AvgIpc) is 2.74. The zero-order valence-electron chi connectivity index (χ0n) is 9.98. The number of hydrogen-bond donors (Lipinski definition) is 1. The summed E-state index contributed by atoms with van der Waals surface area (Å²) in [6.45, 7) is 1.07. The highest BCUT2D eigenvalue weighted by atomic mass is 127. The molecule has 2 rings (SSSR count). The molecule has 0 amide bonds. The maximum atomic E-state index is 13.0. The number of ether oxygens (including phenoxy) is 1. The Balaban J connectivity index is 2.37. The Morgan fingerprint density at radius 2 is 1.75 bits per heavy atom. The van der Waals surface area contributed by atoms with Gasteiger partial charge in [0.15, 0.2) is 0 Å². The molecule has 1 aliphatic heterocycles. The Morgan fingerprint density at radius 1 is 1.25 bits per heavy atom. The Labute approximate surface area is 123 Å². The summed E-state index contributed by atoms with van der Waals surface area (Å²) in [5, 5.41) is 1.64. The predicted octanol–water partition coefficient (Wildman–Crippen LogP) is 2.58. The van der Waals surface area contributed by atoms with E-state index in [2.05, 4.69) is 0 Å². The molecule has 1 saturated heterocycles. The van der Waals surface area contributed by atoms with Crippen molar-refractivity contribution >= 4 is 28.6 Å². The van der Waals surface area contributed by atoms with E-state index < -0.39 is 45.8 Å². The van der Waals surface area contributed by atoms with E-state index in [0.29, 0.717) is 0 Å². The van der Waals surface area contributed by atoms with Gasteiger partial charge in [0.25, 0.3) is 0 Å². The van der Waals surface area contributed by atoms with Crippen LogP contribution in [0.4, 0.5) is 26.3 Å². The van der Waals surface area contributed by atoms with E-state index in [4.69, 9.17) is 4.74 Å². The first-order chi connectivity index (χ1) is 8.92. The van der Waals surface area contributed by atoms with Gasteiger partial charge in [0.2, 0.25) is 5.54 Å². The molecule has 2 bridgehead atoms. The first kappa shape index (κ1) is 16.1.